The molecule has 0 aromatic heterocycles. The molecule has 1 aliphatic heterocycles. The lowest BCUT2D eigenvalue weighted by Crippen LogP contribution is -2.45. The fourth-order valence-electron chi connectivity index (χ4n) is 1.85. The summed E-state index contributed by atoms with van der Waals surface area (Å²) in [5.74, 6) is 0. The fraction of sp³-hybridized carbons (Fsp3) is 0.417. The van der Waals surface area contributed by atoms with Crippen molar-refractivity contribution in [2.75, 3.05) is 26.3 Å². The third kappa shape index (κ3) is 3.92. The van der Waals surface area contributed by atoms with Gasteiger partial charge in [0.2, 0.25) is 10.0 Å². The summed E-state index contributed by atoms with van der Waals surface area (Å²) in [6, 6.07) is 5.94. The molecule has 3 N–H and O–H groups in total. The number of urea groups is 1. The van der Waals surface area contributed by atoms with Crippen LogP contribution in [0.1, 0.15) is 5.56 Å². The summed E-state index contributed by atoms with van der Waals surface area (Å²) in [5.41, 5.74) is 0.805. The summed E-state index contributed by atoms with van der Waals surface area (Å²) in [4.78, 5) is 13.6. The van der Waals surface area contributed by atoms with Crippen molar-refractivity contribution < 1.29 is 17.9 Å². The Morgan fingerprint density at radius 2 is 1.85 bits per heavy atom. The van der Waals surface area contributed by atoms with E-state index >= 15 is 0 Å². The van der Waals surface area contributed by atoms with E-state index in [1.54, 1.807) is 17.0 Å². The van der Waals surface area contributed by atoms with Gasteiger partial charge in [-0.15, -0.1) is 0 Å². The van der Waals surface area contributed by atoms with E-state index in [0.29, 0.717) is 32.8 Å². The maximum Gasteiger partial charge on any atom is 0.317 e. The first-order valence-corrected chi connectivity index (χ1v) is 7.74. The van der Waals surface area contributed by atoms with Gasteiger partial charge < -0.3 is 15.0 Å². The van der Waals surface area contributed by atoms with Gasteiger partial charge in [-0.1, -0.05) is 12.1 Å². The predicted octanol–water partition coefficient (Wildman–Crippen LogP) is -0.124. The molecule has 0 atom stereocenters. The van der Waals surface area contributed by atoms with E-state index in [9.17, 15) is 13.2 Å². The maximum absolute atomic E-state index is 11.8. The SMILES string of the molecule is NS(=O)(=O)c1ccc(CNC(=O)N2CCOCC2)cc1. The highest BCUT2D eigenvalue weighted by molar-refractivity contribution is 7.89. The quantitative estimate of drug-likeness (QED) is 0.812. The Kier molecular flexibility index (Phi) is 4.58. The minimum Gasteiger partial charge on any atom is -0.378 e. The second kappa shape index (κ2) is 6.21. The molecule has 1 aliphatic rings. The van der Waals surface area contributed by atoms with E-state index in [1.807, 2.05) is 0 Å². The summed E-state index contributed by atoms with van der Waals surface area (Å²) < 4.78 is 27.4. The zero-order valence-electron chi connectivity index (χ0n) is 10.9. The Morgan fingerprint density at radius 3 is 2.40 bits per heavy atom. The molecule has 20 heavy (non-hydrogen) atoms. The molecule has 1 saturated heterocycles. The molecule has 1 heterocycles. The van der Waals surface area contributed by atoms with Crippen molar-refractivity contribution in [2.24, 2.45) is 5.14 Å². The van der Waals surface area contributed by atoms with E-state index < -0.39 is 10.0 Å². The first-order valence-electron chi connectivity index (χ1n) is 6.19. The maximum atomic E-state index is 11.8. The average molecular weight is 299 g/mol. The molecule has 0 bridgehead atoms. The number of rotatable bonds is 3. The smallest absolute Gasteiger partial charge is 0.317 e. The van der Waals surface area contributed by atoms with Gasteiger partial charge in [-0.25, -0.2) is 18.4 Å². The van der Waals surface area contributed by atoms with Gasteiger partial charge in [-0.2, -0.15) is 0 Å². The number of ether oxygens (including phenoxy) is 1. The number of amides is 2. The van der Waals surface area contributed by atoms with E-state index in [-0.39, 0.29) is 10.9 Å². The zero-order valence-corrected chi connectivity index (χ0v) is 11.7. The molecular weight excluding hydrogens is 282 g/mol. The Labute approximate surface area is 117 Å². The summed E-state index contributed by atoms with van der Waals surface area (Å²) in [5, 5.41) is 7.79. The minimum absolute atomic E-state index is 0.0563. The van der Waals surface area contributed by atoms with Gasteiger partial charge in [-0.3, -0.25) is 0 Å². The third-order valence-corrected chi connectivity index (χ3v) is 3.92. The number of morpholine rings is 1. The Morgan fingerprint density at radius 1 is 1.25 bits per heavy atom. The van der Waals surface area contributed by atoms with Crippen molar-refractivity contribution >= 4 is 16.1 Å². The molecule has 7 nitrogen and oxygen atoms in total. The van der Waals surface area contributed by atoms with Crippen LogP contribution in [0.15, 0.2) is 29.2 Å². The lowest BCUT2D eigenvalue weighted by Gasteiger charge is -2.26. The molecule has 1 aromatic rings. The molecule has 0 radical (unpaired) electrons. The lowest BCUT2D eigenvalue weighted by molar-refractivity contribution is 0.0531. The second-order valence-corrected chi connectivity index (χ2v) is 6.01. The molecule has 2 amide bonds. The van der Waals surface area contributed by atoms with E-state index in [0.717, 1.165) is 5.56 Å². The summed E-state index contributed by atoms with van der Waals surface area (Å²) >= 11 is 0. The van der Waals surface area contributed by atoms with Crippen LogP contribution in [-0.2, 0) is 21.3 Å². The monoisotopic (exact) mass is 299 g/mol. The number of hydrogen-bond acceptors (Lipinski definition) is 4. The van der Waals surface area contributed by atoms with Crippen LogP contribution in [0.3, 0.4) is 0 Å². The fourth-order valence-corrected chi connectivity index (χ4v) is 2.37. The highest BCUT2D eigenvalue weighted by atomic mass is 32.2. The molecule has 0 aliphatic carbocycles. The van der Waals surface area contributed by atoms with Gasteiger partial charge >= 0.3 is 6.03 Å². The molecule has 1 aromatic carbocycles. The third-order valence-electron chi connectivity index (χ3n) is 2.99. The highest BCUT2D eigenvalue weighted by Crippen LogP contribution is 2.08. The lowest BCUT2D eigenvalue weighted by atomic mass is 10.2. The van der Waals surface area contributed by atoms with Crippen molar-refractivity contribution in [3.8, 4) is 0 Å². The summed E-state index contributed by atoms with van der Waals surface area (Å²) in [6.45, 7) is 2.60. The van der Waals surface area contributed by atoms with Gasteiger partial charge in [0.05, 0.1) is 18.1 Å². The van der Waals surface area contributed by atoms with E-state index in [4.69, 9.17) is 9.88 Å². The van der Waals surface area contributed by atoms with Crippen LogP contribution in [0.4, 0.5) is 4.79 Å². The van der Waals surface area contributed by atoms with Crippen LogP contribution in [0.2, 0.25) is 0 Å². The highest BCUT2D eigenvalue weighted by Gasteiger charge is 2.16. The molecule has 110 valence electrons. The van der Waals surface area contributed by atoms with Gasteiger partial charge in [0.25, 0.3) is 0 Å². The van der Waals surface area contributed by atoms with Gasteiger partial charge in [-0.05, 0) is 17.7 Å². The van der Waals surface area contributed by atoms with E-state index in [2.05, 4.69) is 5.32 Å². The molecule has 1 fully saturated rings. The van der Waals surface area contributed by atoms with Crippen LogP contribution in [0, 0.1) is 0 Å². The topological polar surface area (TPSA) is 102 Å². The Balaban J connectivity index is 1.89. The normalized spacial score (nSPS) is 15.9. The van der Waals surface area contributed by atoms with Gasteiger partial charge in [0.15, 0.2) is 0 Å². The number of carbonyl (C=O) groups is 1. The second-order valence-electron chi connectivity index (χ2n) is 4.45. The number of carbonyl (C=O) groups excluding carboxylic acids is 1. The molecular formula is C12H17N3O4S. The van der Waals surface area contributed by atoms with Crippen molar-refractivity contribution in [3.05, 3.63) is 29.8 Å². The number of sulfonamides is 1. The Bertz CT molecular complexity index is 565. The molecule has 8 heteroatoms. The van der Waals surface area contributed by atoms with Crippen molar-refractivity contribution in [1.82, 2.24) is 10.2 Å². The Hall–Kier alpha value is -1.64. The van der Waals surface area contributed by atoms with Crippen molar-refractivity contribution in [2.45, 2.75) is 11.4 Å². The van der Waals surface area contributed by atoms with Crippen LogP contribution in [0.5, 0.6) is 0 Å². The largest absolute Gasteiger partial charge is 0.378 e. The van der Waals surface area contributed by atoms with Gasteiger partial charge in [0.1, 0.15) is 0 Å². The standard InChI is InChI=1S/C12H17N3O4S/c13-20(17,18)11-3-1-10(2-4-11)9-14-12(16)15-5-7-19-8-6-15/h1-4H,5-9H2,(H,14,16)(H2,13,17,18). The number of hydrogen-bond donors (Lipinski definition) is 2. The number of primary sulfonamides is 1. The van der Waals surface area contributed by atoms with Crippen molar-refractivity contribution in [3.63, 3.8) is 0 Å². The van der Waals surface area contributed by atoms with Crippen molar-refractivity contribution in [1.29, 1.82) is 0 Å². The van der Waals surface area contributed by atoms with E-state index in [1.165, 1.54) is 12.1 Å². The number of nitrogens with two attached hydrogens (primary N) is 1. The minimum atomic E-state index is -3.68. The molecule has 2 rings (SSSR count). The average Bonchev–Trinajstić information content (AvgIpc) is 2.45. The first kappa shape index (κ1) is 14.8. The zero-order chi connectivity index (χ0) is 14.6. The number of benzene rings is 1. The number of nitrogens with zero attached hydrogens (tertiary/aromatic N) is 1. The van der Waals surface area contributed by atoms with Gasteiger partial charge in [0, 0.05) is 19.6 Å². The first-order chi connectivity index (χ1) is 9.47. The number of nitrogens with one attached hydrogen (secondary N) is 1. The molecule has 0 saturated carbocycles. The van der Waals surface area contributed by atoms with Crippen LogP contribution in [-0.4, -0.2) is 45.7 Å². The van der Waals surface area contributed by atoms with Crippen LogP contribution < -0.4 is 10.5 Å². The molecule has 0 spiro atoms. The summed E-state index contributed by atoms with van der Waals surface area (Å²) in [6.07, 6.45) is 0. The van der Waals surface area contributed by atoms with Crippen LogP contribution >= 0.6 is 0 Å². The summed E-state index contributed by atoms with van der Waals surface area (Å²) in [7, 11) is -3.68. The predicted molar refractivity (Wildman–Crippen MR) is 72.4 cm³/mol. The van der Waals surface area contributed by atoms with Crippen LogP contribution in [0.25, 0.3) is 0 Å². The molecule has 0 unspecified atom stereocenters.